The third-order valence-corrected chi connectivity index (χ3v) is 4.39. The predicted molar refractivity (Wildman–Crippen MR) is 87.0 cm³/mol. The predicted octanol–water partition coefficient (Wildman–Crippen LogP) is 4.40. The minimum absolute atomic E-state index is 0.228. The summed E-state index contributed by atoms with van der Waals surface area (Å²) >= 11 is 12.2. The third-order valence-electron chi connectivity index (χ3n) is 3.53. The van der Waals surface area contributed by atoms with Crippen LogP contribution in [0.1, 0.15) is 21.6 Å². The zero-order valence-electron chi connectivity index (χ0n) is 11.7. The number of aromatic carboxylic acids is 1. The Labute approximate surface area is 136 Å². The number of carboxylic acids is 1. The molecular formula is C16H12Cl2N2O2. The van der Waals surface area contributed by atoms with E-state index in [9.17, 15) is 4.79 Å². The number of rotatable bonds is 3. The third kappa shape index (κ3) is 2.56. The Morgan fingerprint density at radius 3 is 2.77 bits per heavy atom. The molecule has 22 heavy (non-hydrogen) atoms. The molecule has 0 radical (unpaired) electrons. The molecule has 0 aliphatic rings. The first-order valence-corrected chi connectivity index (χ1v) is 7.36. The normalized spacial score (nSPS) is 11.0. The molecule has 0 aliphatic carbocycles. The minimum atomic E-state index is -0.965. The van der Waals surface area contributed by atoms with Crippen LogP contribution in [-0.2, 0) is 6.54 Å². The Hall–Kier alpha value is -2.04. The van der Waals surface area contributed by atoms with Crippen molar-refractivity contribution in [3.63, 3.8) is 0 Å². The molecule has 0 fully saturated rings. The van der Waals surface area contributed by atoms with Gasteiger partial charge in [0.1, 0.15) is 0 Å². The first kappa shape index (κ1) is 14.9. The summed E-state index contributed by atoms with van der Waals surface area (Å²) in [5.41, 5.74) is 2.66. The lowest BCUT2D eigenvalue weighted by Crippen LogP contribution is -2.03. The molecule has 0 atom stereocenters. The molecule has 1 heterocycles. The quantitative estimate of drug-likeness (QED) is 0.772. The summed E-state index contributed by atoms with van der Waals surface area (Å²) < 4.78 is 1.74. The van der Waals surface area contributed by atoms with Gasteiger partial charge in [-0.15, -0.1) is 0 Å². The van der Waals surface area contributed by atoms with E-state index in [1.165, 1.54) is 0 Å². The lowest BCUT2D eigenvalue weighted by molar-refractivity contribution is 0.0697. The van der Waals surface area contributed by atoms with Gasteiger partial charge in [0.05, 0.1) is 33.4 Å². The number of fused-ring (bicyclic) bond motifs is 1. The molecule has 0 unspecified atom stereocenters. The highest BCUT2D eigenvalue weighted by Crippen LogP contribution is 2.27. The van der Waals surface area contributed by atoms with Gasteiger partial charge in [-0.2, -0.15) is 5.10 Å². The van der Waals surface area contributed by atoms with E-state index in [1.807, 2.05) is 19.1 Å². The van der Waals surface area contributed by atoms with E-state index in [-0.39, 0.29) is 5.56 Å². The molecule has 0 saturated carbocycles. The number of benzene rings is 2. The average molecular weight is 335 g/mol. The van der Waals surface area contributed by atoms with Crippen molar-refractivity contribution in [3.8, 4) is 0 Å². The van der Waals surface area contributed by atoms with E-state index in [0.717, 1.165) is 22.2 Å². The molecule has 4 nitrogen and oxygen atoms in total. The van der Waals surface area contributed by atoms with Crippen molar-refractivity contribution in [2.45, 2.75) is 13.5 Å². The van der Waals surface area contributed by atoms with Gasteiger partial charge in [-0.1, -0.05) is 41.4 Å². The standard InChI is InChI=1S/C16H12Cl2N2O2/c1-9-12-6-5-10(16(21)22)7-14(12)20(19-9)8-11-3-2-4-13(17)15(11)18/h2-7H,8H2,1H3,(H,21,22). The molecule has 112 valence electrons. The van der Waals surface area contributed by atoms with Crippen LogP contribution in [-0.4, -0.2) is 20.9 Å². The van der Waals surface area contributed by atoms with Crippen LogP contribution in [0, 0.1) is 6.92 Å². The molecule has 0 bridgehead atoms. The molecule has 0 saturated heterocycles. The second-order valence-electron chi connectivity index (χ2n) is 4.99. The summed E-state index contributed by atoms with van der Waals surface area (Å²) in [7, 11) is 0. The van der Waals surface area contributed by atoms with E-state index in [0.29, 0.717) is 16.6 Å². The van der Waals surface area contributed by atoms with E-state index in [2.05, 4.69) is 5.10 Å². The Balaban J connectivity index is 2.12. The monoisotopic (exact) mass is 334 g/mol. The number of hydrogen-bond acceptors (Lipinski definition) is 2. The molecule has 6 heteroatoms. The zero-order valence-corrected chi connectivity index (χ0v) is 13.2. The molecule has 2 aromatic carbocycles. The number of carboxylic acid groups (broad SMARTS) is 1. The highest BCUT2D eigenvalue weighted by atomic mass is 35.5. The molecule has 0 aliphatic heterocycles. The topological polar surface area (TPSA) is 55.1 Å². The van der Waals surface area contributed by atoms with Gasteiger partial charge >= 0.3 is 5.97 Å². The number of aromatic nitrogens is 2. The van der Waals surface area contributed by atoms with Gasteiger partial charge in [0, 0.05) is 5.39 Å². The van der Waals surface area contributed by atoms with Gasteiger partial charge in [-0.3, -0.25) is 4.68 Å². The van der Waals surface area contributed by atoms with Crippen LogP contribution < -0.4 is 0 Å². The number of carbonyl (C=O) groups is 1. The summed E-state index contributed by atoms with van der Waals surface area (Å²) in [5.74, 6) is -0.965. The van der Waals surface area contributed by atoms with Crippen LogP contribution in [0.15, 0.2) is 36.4 Å². The molecule has 1 N–H and O–H groups in total. The van der Waals surface area contributed by atoms with Crippen molar-refractivity contribution >= 4 is 40.1 Å². The number of aryl methyl sites for hydroxylation is 1. The van der Waals surface area contributed by atoms with Gasteiger partial charge < -0.3 is 5.11 Å². The van der Waals surface area contributed by atoms with Gasteiger partial charge in [-0.05, 0) is 30.7 Å². The second-order valence-corrected chi connectivity index (χ2v) is 5.78. The molecule has 0 amide bonds. The van der Waals surface area contributed by atoms with Crippen molar-refractivity contribution in [2.24, 2.45) is 0 Å². The maximum absolute atomic E-state index is 11.2. The molecular weight excluding hydrogens is 323 g/mol. The van der Waals surface area contributed by atoms with Crippen molar-refractivity contribution in [1.29, 1.82) is 0 Å². The van der Waals surface area contributed by atoms with E-state index in [1.54, 1.807) is 28.9 Å². The van der Waals surface area contributed by atoms with Crippen LogP contribution >= 0.6 is 23.2 Å². The van der Waals surface area contributed by atoms with E-state index in [4.69, 9.17) is 28.3 Å². The molecule has 3 aromatic rings. The minimum Gasteiger partial charge on any atom is -0.478 e. The van der Waals surface area contributed by atoms with E-state index < -0.39 is 5.97 Å². The summed E-state index contributed by atoms with van der Waals surface area (Å²) in [6, 6.07) is 10.4. The summed E-state index contributed by atoms with van der Waals surface area (Å²) in [6.45, 7) is 2.31. The molecule has 1 aromatic heterocycles. The SMILES string of the molecule is Cc1nn(Cc2cccc(Cl)c2Cl)c2cc(C(=O)O)ccc12. The lowest BCUT2D eigenvalue weighted by atomic mass is 10.1. The number of hydrogen-bond donors (Lipinski definition) is 1. The van der Waals surface area contributed by atoms with Crippen LogP contribution in [0.5, 0.6) is 0 Å². The second kappa shape index (κ2) is 5.63. The summed E-state index contributed by atoms with van der Waals surface area (Å²) in [6.07, 6.45) is 0. The van der Waals surface area contributed by atoms with Crippen molar-refractivity contribution < 1.29 is 9.90 Å². The van der Waals surface area contributed by atoms with Crippen LogP contribution in [0.3, 0.4) is 0 Å². The van der Waals surface area contributed by atoms with Crippen LogP contribution in [0.2, 0.25) is 10.0 Å². The summed E-state index contributed by atoms with van der Waals surface area (Å²) in [4.78, 5) is 11.2. The van der Waals surface area contributed by atoms with Crippen LogP contribution in [0.4, 0.5) is 0 Å². The first-order valence-electron chi connectivity index (χ1n) is 6.60. The Morgan fingerprint density at radius 2 is 2.05 bits per heavy atom. The van der Waals surface area contributed by atoms with Gasteiger partial charge in [0.2, 0.25) is 0 Å². The average Bonchev–Trinajstić information content (AvgIpc) is 2.80. The van der Waals surface area contributed by atoms with Gasteiger partial charge in [0.25, 0.3) is 0 Å². The number of nitrogens with zero attached hydrogens (tertiary/aromatic N) is 2. The Morgan fingerprint density at radius 1 is 1.27 bits per heavy atom. The smallest absolute Gasteiger partial charge is 0.335 e. The lowest BCUT2D eigenvalue weighted by Gasteiger charge is -2.07. The summed E-state index contributed by atoms with van der Waals surface area (Å²) in [5, 5.41) is 15.5. The van der Waals surface area contributed by atoms with Crippen molar-refractivity contribution in [1.82, 2.24) is 9.78 Å². The van der Waals surface area contributed by atoms with Crippen molar-refractivity contribution in [2.75, 3.05) is 0 Å². The van der Waals surface area contributed by atoms with Crippen LogP contribution in [0.25, 0.3) is 10.9 Å². The fourth-order valence-electron chi connectivity index (χ4n) is 2.43. The highest BCUT2D eigenvalue weighted by Gasteiger charge is 2.13. The maximum Gasteiger partial charge on any atom is 0.335 e. The fourth-order valence-corrected chi connectivity index (χ4v) is 2.81. The molecule has 3 rings (SSSR count). The maximum atomic E-state index is 11.2. The largest absolute Gasteiger partial charge is 0.478 e. The zero-order chi connectivity index (χ0) is 15.9. The van der Waals surface area contributed by atoms with Gasteiger partial charge in [0.15, 0.2) is 0 Å². The fraction of sp³-hybridized carbons (Fsp3) is 0.125. The van der Waals surface area contributed by atoms with Crippen molar-refractivity contribution in [3.05, 3.63) is 63.3 Å². The molecule has 0 spiro atoms. The Bertz CT molecular complexity index is 887. The van der Waals surface area contributed by atoms with E-state index >= 15 is 0 Å². The Kier molecular flexibility index (Phi) is 3.81. The van der Waals surface area contributed by atoms with Gasteiger partial charge in [-0.25, -0.2) is 4.79 Å². The first-order chi connectivity index (χ1) is 10.5. The number of halogens is 2. The highest BCUT2D eigenvalue weighted by molar-refractivity contribution is 6.42.